The van der Waals surface area contributed by atoms with Gasteiger partial charge in [0.2, 0.25) is 5.91 Å². The lowest BCUT2D eigenvalue weighted by atomic mass is 10.1. The summed E-state index contributed by atoms with van der Waals surface area (Å²) in [6.07, 6.45) is 2.89. The standard InChI is InChI=1S/C30H23BrN4O4/c1-34-26(13-21-12-20(16-32)8-11-28(21)38-2)24-17-35(27-10-9-22(31)14-23(24)27)29(36)15-25(33)30(37)39-18-19-6-4-3-5-7-19/h3-14,17,25H,15,18,33H2,2H3/b26-13-/t25-/m0/s1. The number of halogens is 1. The molecule has 4 rings (SSSR count). The quantitative estimate of drug-likeness (QED) is 0.207. The number of esters is 1. The van der Waals surface area contributed by atoms with Gasteiger partial charge in [-0.2, -0.15) is 5.26 Å². The third-order valence-corrected chi connectivity index (χ3v) is 6.50. The van der Waals surface area contributed by atoms with Crippen LogP contribution in [0.25, 0.3) is 27.5 Å². The first-order chi connectivity index (χ1) is 18.8. The molecule has 8 nitrogen and oxygen atoms in total. The summed E-state index contributed by atoms with van der Waals surface area (Å²) in [6.45, 7) is 7.93. The third-order valence-electron chi connectivity index (χ3n) is 6.00. The summed E-state index contributed by atoms with van der Waals surface area (Å²) in [5.74, 6) is -0.611. The van der Waals surface area contributed by atoms with Gasteiger partial charge in [-0.05, 0) is 53.4 Å². The van der Waals surface area contributed by atoms with Crippen LogP contribution in [0.2, 0.25) is 0 Å². The first-order valence-electron chi connectivity index (χ1n) is 11.8. The van der Waals surface area contributed by atoms with E-state index in [-0.39, 0.29) is 18.7 Å². The van der Waals surface area contributed by atoms with E-state index in [0.29, 0.717) is 33.3 Å². The molecule has 0 spiro atoms. The average Bonchev–Trinajstić information content (AvgIpc) is 3.33. The molecule has 0 aliphatic heterocycles. The van der Waals surface area contributed by atoms with Crippen molar-refractivity contribution in [3.63, 3.8) is 0 Å². The number of ether oxygens (including phenoxy) is 2. The third kappa shape index (κ3) is 6.24. The van der Waals surface area contributed by atoms with E-state index in [1.165, 1.54) is 11.7 Å². The zero-order valence-electron chi connectivity index (χ0n) is 20.9. The van der Waals surface area contributed by atoms with E-state index < -0.39 is 17.9 Å². The molecule has 0 saturated carbocycles. The maximum Gasteiger partial charge on any atom is 0.323 e. The van der Waals surface area contributed by atoms with Crippen molar-refractivity contribution in [2.45, 2.75) is 19.1 Å². The number of carbonyl (C=O) groups excluding carboxylic acids is 2. The van der Waals surface area contributed by atoms with Gasteiger partial charge >= 0.3 is 5.97 Å². The Kier molecular flexibility index (Phi) is 8.57. The molecule has 1 aromatic heterocycles. The molecule has 194 valence electrons. The maximum absolute atomic E-state index is 13.3. The number of aromatic nitrogens is 1. The minimum atomic E-state index is -1.16. The maximum atomic E-state index is 13.3. The molecule has 2 N–H and O–H groups in total. The fourth-order valence-corrected chi connectivity index (χ4v) is 4.41. The van der Waals surface area contributed by atoms with Crippen LogP contribution in [0.4, 0.5) is 0 Å². The second-order valence-corrected chi connectivity index (χ2v) is 9.50. The Labute approximate surface area is 233 Å². The van der Waals surface area contributed by atoms with Crippen molar-refractivity contribution in [1.82, 2.24) is 4.57 Å². The van der Waals surface area contributed by atoms with Crippen LogP contribution in [0.1, 0.15) is 33.5 Å². The Morgan fingerprint density at radius 3 is 2.64 bits per heavy atom. The van der Waals surface area contributed by atoms with E-state index in [1.54, 1.807) is 42.6 Å². The second kappa shape index (κ2) is 12.2. The fourth-order valence-electron chi connectivity index (χ4n) is 4.05. The van der Waals surface area contributed by atoms with Gasteiger partial charge in [0.1, 0.15) is 18.4 Å². The first kappa shape index (κ1) is 27.3. The van der Waals surface area contributed by atoms with Crippen molar-refractivity contribution in [3.05, 3.63) is 111 Å². The van der Waals surface area contributed by atoms with Gasteiger partial charge in [0.25, 0.3) is 0 Å². The van der Waals surface area contributed by atoms with Crippen LogP contribution in [0.5, 0.6) is 5.75 Å². The van der Waals surface area contributed by atoms with Crippen LogP contribution in [-0.2, 0) is 16.1 Å². The van der Waals surface area contributed by atoms with Crippen LogP contribution in [0.15, 0.2) is 77.4 Å². The molecule has 1 heterocycles. The molecule has 0 fully saturated rings. The molecule has 4 aromatic rings. The Morgan fingerprint density at radius 1 is 1.18 bits per heavy atom. The van der Waals surface area contributed by atoms with E-state index in [4.69, 9.17) is 21.8 Å². The number of rotatable bonds is 8. The topological polar surface area (TPSA) is 112 Å². The van der Waals surface area contributed by atoms with Gasteiger partial charge in [-0.15, -0.1) is 0 Å². The molecule has 3 aromatic carbocycles. The normalized spacial score (nSPS) is 11.9. The van der Waals surface area contributed by atoms with Crippen LogP contribution in [-0.4, -0.2) is 29.6 Å². The summed E-state index contributed by atoms with van der Waals surface area (Å²) in [5, 5.41) is 9.96. The average molecular weight is 583 g/mol. The highest BCUT2D eigenvalue weighted by Crippen LogP contribution is 2.33. The van der Waals surface area contributed by atoms with Gasteiger partial charge in [0.15, 0.2) is 5.70 Å². The van der Waals surface area contributed by atoms with Crippen LogP contribution >= 0.6 is 15.9 Å². The van der Waals surface area contributed by atoms with Gasteiger partial charge in [-0.3, -0.25) is 14.2 Å². The molecule has 0 amide bonds. The molecule has 0 bridgehead atoms. The lowest BCUT2D eigenvalue weighted by Crippen LogP contribution is -2.35. The number of hydrogen-bond acceptors (Lipinski definition) is 6. The van der Waals surface area contributed by atoms with E-state index in [0.717, 1.165) is 10.0 Å². The van der Waals surface area contributed by atoms with E-state index in [1.807, 2.05) is 36.4 Å². The number of nitrogens with zero attached hydrogens (tertiary/aromatic N) is 3. The number of benzene rings is 3. The van der Waals surface area contributed by atoms with E-state index >= 15 is 0 Å². The smallest absolute Gasteiger partial charge is 0.323 e. The summed E-state index contributed by atoms with van der Waals surface area (Å²) < 4.78 is 12.8. The van der Waals surface area contributed by atoms with Crippen LogP contribution in [0, 0.1) is 17.9 Å². The minimum absolute atomic E-state index is 0.0574. The zero-order chi connectivity index (χ0) is 27.9. The largest absolute Gasteiger partial charge is 0.496 e. The van der Waals surface area contributed by atoms with Crippen LogP contribution in [0.3, 0.4) is 0 Å². The van der Waals surface area contributed by atoms with Crippen molar-refractivity contribution in [2.24, 2.45) is 5.73 Å². The summed E-state index contributed by atoms with van der Waals surface area (Å²) in [6, 6.07) is 20.4. The zero-order valence-corrected chi connectivity index (χ0v) is 22.5. The number of carbonyl (C=O) groups is 2. The molecule has 39 heavy (non-hydrogen) atoms. The molecule has 9 heteroatoms. The first-order valence-corrected chi connectivity index (χ1v) is 12.6. The Balaban J connectivity index is 1.65. The summed E-state index contributed by atoms with van der Waals surface area (Å²) in [5.41, 5.74) is 9.09. The molecule has 0 radical (unpaired) electrons. The molecule has 0 unspecified atom stereocenters. The molecular weight excluding hydrogens is 560 g/mol. The lowest BCUT2D eigenvalue weighted by molar-refractivity contribution is -0.146. The van der Waals surface area contributed by atoms with Gasteiger partial charge in [-0.1, -0.05) is 46.3 Å². The summed E-state index contributed by atoms with van der Waals surface area (Å²) >= 11 is 3.46. The van der Waals surface area contributed by atoms with Gasteiger partial charge in [0.05, 0.1) is 37.3 Å². The lowest BCUT2D eigenvalue weighted by Gasteiger charge is -2.12. The van der Waals surface area contributed by atoms with Crippen molar-refractivity contribution in [1.29, 1.82) is 5.26 Å². The van der Waals surface area contributed by atoms with Crippen molar-refractivity contribution < 1.29 is 19.1 Å². The number of nitrogens with two attached hydrogens (primary N) is 1. The molecule has 0 aliphatic carbocycles. The molecule has 0 aliphatic rings. The van der Waals surface area contributed by atoms with Crippen molar-refractivity contribution in [2.75, 3.05) is 7.11 Å². The van der Waals surface area contributed by atoms with Gasteiger partial charge in [-0.25, -0.2) is 4.85 Å². The van der Waals surface area contributed by atoms with E-state index in [9.17, 15) is 14.9 Å². The predicted molar refractivity (Wildman–Crippen MR) is 151 cm³/mol. The van der Waals surface area contributed by atoms with E-state index in [2.05, 4.69) is 26.8 Å². The Hall–Kier alpha value is -4.70. The highest BCUT2D eigenvalue weighted by atomic mass is 79.9. The SMILES string of the molecule is [C-]#[N+]/C(=C\c1cc(C#N)ccc1OC)c1cn(C(=O)C[C@H](N)C(=O)OCc2ccccc2)c2ccc(Br)cc12. The van der Waals surface area contributed by atoms with Gasteiger partial charge < -0.3 is 15.2 Å². The second-order valence-electron chi connectivity index (χ2n) is 8.58. The van der Waals surface area contributed by atoms with Crippen molar-refractivity contribution in [3.8, 4) is 11.8 Å². The number of nitriles is 1. The summed E-state index contributed by atoms with van der Waals surface area (Å²) in [7, 11) is 1.51. The Bertz CT molecular complexity index is 1660. The number of fused-ring (bicyclic) bond motifs is 1. The molecular formula is C30H23BrN4O4. The molecule has 0 saturated heterocycles. The van der Waals surface area contributed by atoms with Gasteiger partial charge in [0, 0.05) is 21.8 Å². The minimum Gasteiger partial charge on any atom is -0.496 e. The highest BCUT2D eigenvalue weighted by Gasteiger charge is 2.23. The molecule has 1 atom stereocenters. The fraction of sp³-hybridized carbons (Fsp3) is 0.133. The predicted octanol–water partition coefficient (Wildman–Crippen LogP) is 5.80. The van der Waals surface area contributed by atoms with Crippen LogP contribution < -0.4 is 10.5 Å². The number of methoxy groups -OCH3 is 1. The summed E-state index contributed by atoms with van der Waals surface area (Å²) in [4.78, 5) is 29.5. The highest BCUT2D eigenvalue weighted by molar-refractivity contribution is 9.10. The Morgan fingerprint density at radius 2 is 1.95 bits per heavy atom. The monoisotopic (exact) mass is 582 g/mol. The number of hydrogen-bond donors (Lipinski definition) is 1. The van der Waals surface area contributed by atoms with Crippen molar-refractivity contribution >= 4 is 50.5 Å².